The Morgan fingerprint density at radius 2 is 1.62 bits per heavy atom. The Balaban J connectivity index is 1.86. The van der Waals surface area contributed by atoms with Crippen molar-refractivity contribution < 1.29 is 9.72 Å². The van der Waals surface area contributed by atoms with Gasteiger partial charge in [-0.2, -0.15) is 0 Å². The summed E-state index contributed by atoms with van der Waals surface area (Å²) in [7, 11) is 0. The normalized spacial score (nSPS) is 10.4. The number of nitrogens with zero attached hydrogens (tertiary/aromatic N) is 2. The number of hydrogen-bond acceptors (Lipinski definition) is 5. The Morgan fingerprint density at radius 3 is 2.23 bits per heavy atom. The first-order valence-corrected chi connectivity index (χ1v) is 8.18. The lowest BCUT2D eigenvalue weighted by Crippen LogP contribution is -2.03. The second-order valence-electron chi connectivity index (χ2n) is 5.27. The molecule has 0 saturated carbocycles. The first-order valence-electron chi connectivity index (χ1n) is 7.42. The van der Waals surface area contributed by atoms with Gasteiger partial charge in [-0.1, -0.05) is 53.5 Å². The quantitative estimate of drug-likeness (QED) is 0.366. The lowest BCUT2D eigenvalue weighted by atomic mass is 10.0. The number of nitrogens with one attached hydrogen (secondary N) is 1. The summed E-state index contributed by atoms with van der Waals surface area (Å²) in [4.78, 5) is 26.9. The number of benzene rings is 2. The van der Waals surface area contributed by atoms with Gasteiger partial charge in [0.1, 0.15) is 5.02 Å². The molecule has 130 valence electrons. The molecule has 0 fully saturated rings. The van der Waals surface area contributed by atoms with Crippen molar-refractivity contribution in [2.75, 3.05) is 5.32 Å². The molecule has 1 N–H and O–H groups in total. The van der Waals surface area contributed by atoms with E-state index in [1.165, 1.54) is 6.20 Å². The van der Waals surface area contributed by atoms with Crippen LogP contribution in [0.15, 0.2) is 60.8 Å². The molecule has 8 heteroatoms. The molecule has 2 aromatic carbocycles. The smallest absolute Gasteiger partial charge is 0.331 e. The topological polar surface area (TPSA) is 85.1 Å². The SMILES string of the molecule is O=C(c1ccccc1)c1ccc(Nc2ncc(Cl)c(Cl)c2[N+](=O)[O-])cc1. The minimum absolute atomic E-state index is 0.00674. The maximum absolute atomic E-state index is 12.4. The molecule has 0 radical (unpaired) electrons. The summed E-state index contributed by atoms with van der Waals surface area (Å²) in [6.45, 7) is 0. The molecule has 0 bridgehead atoms. The van der Waals surface area contributed by atoms with Crippen molar-refractivity contribution in [1.82, 2.24) is 4.98 Å². The first-order chi connectivity index (χ1) is 12.5. The van der Waals surface area contributed by atoms with Gasteiger partial charge in [-0.3, -0.25) is 14.9 Å². The maximum atomic E-state index is 12.4. The Labute approximate surface area is 158 Å². The van der Waals surface area contributed by atoms with Crippen molar-refractivity contribution in [3.05, 3.63) is 92.1 Å². The minimum atomic E-state index is -0.656. The lowest BCUT2D eigenvalue weighted by molar-refractivity contribution is -0.384. The van der Waals surface area contributed by atoms with Crippen molar-refractivity contribution in [2.24, 2.45) is 0 Å². The van der Waals surface area contributed by atoms with Crippen LogP contribution in [0.4, 0.5) is 17.2 Å². The summed E-state index contributed by atoms with van der Waals surface area (Å²) < 4.78 is 0. The first kappa shape index (κ1) is 17.8. The molecular weight excluding hydrogens is 377 g/mol. The van der Waals surface area contributed by atoms with Crippen LogP contribution in [0.1, 0.15) is 15.9 Å². The molecular formula is C18H11Cl2N3O3. The fourth-order valence-electron chi connectivity index (χ4n) is 2.31. The summed E-state index contributed by atoms with van der Waals surface area (Å²) in [6, 6.07) is 15.4. The van der Waals surface area contributed by atoms with Crippen LogP contribution in [0.25, 0.3) is 0 Å². The minimum Gasteiger partial charge on any atom is -0.334 e. The van der Waals surface area contributed by atoms with Gasteiger partial charge in [0.25, 0.3) is 0 Å². The van der Waals surface area contributed by atoms with Crippen molar-refractivity contribution >= 4 is 46.2 Å². The van der Waals surface area contributed by atoms with E-state index in [0.29, 0.717) is 16.8 Å². The molecule has 3 aromatic rings. The van der Waals surface area contributed by atoms with Crippen LogP contribution in [-0.2, 0) is 0 Å². The fourth-order valence-corrected chi connectivity index (χ4v) is 2.66. The average Bonchev–Trinajstić information content (AvgIpc) is 2.65. The third-order valence-corrected chi connectivity index (χ3v) is 4.34. The van der Waals surface area contributed by atoms with E-state index < -0.39 is 10.6 Å². The van der Waals surface area contributed by atoms with Gasteiger partial charge in [0.05, 0.1) is 9.95 Å². The molecule has 0 amide bonds. The summed E-state index contributed by atoms with van der Waals surface area (Å²) in [5, 5.41) is 13.8. The Morgan fingerprint density at radius 1 is 1.00 bits per heavy atom. The van der Waals surface area contributed by atoms with Crippen LogP contribution < -0.4 is 5.32 Å². The summed E-state index contributed by atoms with van der Waals surface area (Å²) in [6.07, 6.45) is 1.23. The molecule has 1 aromatic heterocycles. The van der Waals surface area contributed by atoms with Crippen LogP contribution in [0, 0.1) is 10.1 Å². The van der Waals surface area contributed by atoms with Crippen molar-refractivity contribution in [3.8, 4) is 0 Å². The number of rotatable bonds is 5. The molecule has 6 nitrogen and oxygen atoms in total. The number of carbonyl (C=O) groups is 1. The largest absolute Gasteiger partial charge is 0.334 e. The van der Waals surface area contributed by atoms with E-state index in [4.69, 9.17) is 23.2 Å². The van der Waals surface area contributed by atoms with Crippen molar-refractivity contribution in [1.29, 1.82) is 0 Å². The number of pyridine rings is 1. The van der Waals surface area contributed by atoms with Gasteiger partial charge in [-0.25, -0.2) is 4.98 Å². The van der Waals surface area contributed by atoms with Gasteiger partial charge >= 0.3 is 5.69 Å². The molecule has 1 heterocycles. The maximum Gasteiger partial charge on any atom is 0.331 e. The standard InChI is InChI=1S/C18H11Cl2N3O3/c19-14-10-21-18(16(15(14)20)23(25)26)22-13-8-6-12(7-9-13)17(24)11-4-2-1-3-5-11/h1-10H,(H,21,22). The molecule has 0 spiro atoms. The number of halogens is 2. The average molecular weight is 388 g/mol. The molecule has 0 atom stereocenters. The monoisotopic (exact) mass is 387 g/mol. The van der Waals surface area contributed by atoms with E-state index in [-0.39, 0.29) is 21.6 Å². The summed E-state index contributed by atoms with van der Waals surface area (Å²) in [5.74, 6) is -0.151. The second-order valence-corrected chi connectivity index (χ2v) is 6.06. The van der Waals surface area contributed by atoms with E-state index in [1.54, 1.807) is 48.5 Å². The summed E-state index contributed by atoms with van der Waals surface area (Å²) >= 11 is 11.7. The third-order valence-electron chi connectivity index (χ3n) is 3.58. The molecule has 0 unspecified atom stereocenters. The fraction of sp³-hybridized carbons (Fsp3) is 0. The van der Waals surface area contributed by atoms with E-state index >= 15 is 0 Å². The Bertz CT molecular complexity index is 977. The van der Waals surface area contributed by atoms with E-state index in [1.807, 2.05) is 6.07 Å². The second kappa shape index (κ2) is 7.51. The number of aromatic nitrogens is 1. The van der Waals surface area contributed by atoms with Gasteiger partial charge in [-0.05, 0) is 24.3 Å². The zero-order valence-electron chi connectivity index (χ0n) is 13.1. The Kier molecular flexibility index (Phi) is 5.16. The van der Waals surface area contributed by atoms with Gasteiger partial charge in [0, 0.05) is 23.0 Å². The summed E-state index contributed by atoms with van der Waals surface area (Å²) in [5.41, 5.74) is 1.18. The predicted octanol–water partition coefficient (Wildman–Crippen LogP) is 5.27. The highest BCUT2D eigenvalue weighted by molar-refractivity contribution is 6.43. The van der Waals surface area contributed by atoms with Crippen LogP contribution in [0.2, 0.25) is 10.0 Å². The molecule has 0 aliphatic rings. The van der Waals surface area contributed by atoms with E-state index in [0.717, 1.165) is 0 Å². The van der Waals surface area contributed by atoms with E-state index in [9.17, 15) is 14.9 Å². The Hall–Kier alpha value is -2.96. The molecule has 0 aliphatic carbocycles. The molecule has 3 rings (SSSR count). The number of nitro groups is 1. The third kappa shape index (κ3) is 3.66. The van der Waals surface area contributed by atoms with Gasteiger partial charge in [0.15, 0.2) is 5.78 Å². The van der Waals surface area contributed by atoms with Gasteiger partial charge < -0.3 is 5.32 Å². The molecule has 0 aliphatic heterocycles. The van der Waals surface area contributed by atoms with Crippen LogP contribution >= 0.6 is 23.2 Å². The van der Waals surface area contributed by atoms with Crippen LogP contribution in [0.3, 0.4) is 0 Å². The zero-order valence-corrected chi connectivity index (χ0v) is 14.7. The predicted molar refractivity (Wildman–Crippen MR) is 101 cm³/mol. The van der Waals surface area contributed by atoms with Gasteiger partial charge in [0.2, 0.25) is 5.82 Å². The van der Waals surface area contributed by atoms with Crippen LogP contribution in [-0.4, -0.2) is 15.7 Å². The van der Waals surface area contributed by atoms with Crippen LogP contribution in [0.5, 0.6) is 0 Å². The van der Waals surface area contributed by atoms with Crippen molar-refractivity contribution in [3.63, 3.8) is 0 Å². The highest BCUT2D eigenvalue weighted by Gasteiger charge is 2.23. The lowest BCUT2D eigenvalue weighted by Gasteiger charge is -2.08. The molecule has 26 heavy (non-hydrogen) atoms. The number of ketones is 1. The van der Waals surface area contributed by atoms with E-state index in [2.05, 4.69) is 10.3 Å². The van der Waals surface area contributed by atoms with Gasteiger partial charge in [-0.15, -0.1) is 0 Å². The number of anilines is 2. The number of hydrogen-bond donors (Lipinski definition) is 1. The van der Waals surface area contributed by atoms with Crippen molar-refractivity contribution in [2.45, 2.75) is 0 Å². The highest BCUT2D eigenvalue weighted by Crippen LogP contribution is 2.37. The zero-order chi connectivity index (χ0) is 18.7. The number of carbonyl (C=O) groups excluding carboxylic acids is 1. The molecule has 0 saturated heterocycles. The highest BCUT2D eigenvalue weighted by atomic mass is 35.5.